The largest absolute Gasteiger partial charge is 0.497 e. The highest BCUT2D eigenvalue weighted by molar-refractivity contribution is 6.74. The lowest BCUT2D eigenvalue weighted by Gasteiger charge is -2.38. The van der Waals surface area contributed by atoms with Crippen molar-refractivity contribution in [2.75, 3.05) is 12.4 Å². The van der Waals surface area contributed by atoms with Gasteiger partial charge in [0.2, 0.25) is 0 Å². The number of fused-ring (bicyclic) bond motifs is 1. The molecule has 0 aliphatic heterocycles. The van der Waals surface area contributed by atoms with E-state index in [4.69, 9.17) is 14.3 Å². The highest BCUT2D eigenvalue weighted by Gasteiger charge is 2.41. The second kappa shape index (κ2) is 11.3. The molecule has 0 spiro atoms. The van der Waals surface area contributed by atoms with Gasteiger partial charge in [-0.2, -0.15) is 5.10 Å². The molecule has 4 aromatic rings. The number of nitrogens with zero attached hydrogens (tertiary/aromatic N) is 4. The maximum Gasteiger partial charge on any atom is 0.274 e. The van der Waals surface area contributed by atoms with E-state index >= 15 is 0 Å². The van der Waals surface area contributed by atoms with Crippen LogP contribution in [0.1, 0.15) is 78.0 Å². The lowest BCUT2D eigenvalue weighted by atomic mass is 10.0. The van der Waals surface area contributed by atoms with Crippen LogP contribution in [0.4, 0.5) is 11.5 Å². The monoisotopic (exact) mass is 603 g/mol. The van der Waals surface area contributed by atoms with Crippen molar-refractivity contribution in [3.05, 3.63) is 70.1 Å². The lowest BCUT2D eigenvalue weighted by molar-refractivity contribution is 0.186. The minimum atomic E-state index is -1.81. The van der Waals surface area contributed by atoms with Crippen LogP contribution < -0.4 is 15.6 Å². The van der Waals surface area contributed by atoms with Gasteiger partial charge in [0, 0.05) is 30.8 Å². The number of ether oxygens (including phenoxy) is 1. The molecule has 1 fully saturated rings. The molecule has 0 bridgehead atoms. The summed E-state index contributed by atoms with van der Waals surface area (Å²) in [5.74, 6) is 2.14. The molecule has 1 N–H and O–H groups in total. The first-order valence-corrected chi connectivity index (χ1v) is 18.4. The number of hydrogen-bond donors (Lipinski definition) is 1. The Bertz CT molecular complexity index is 1650. The van der Waals surface area contributed by atoms with Crippen molar-refractivity contribution in [1.29, 1.82) is 0 Å². The van der Waals surface area contributed by atoms with Crippen molar-refractivity contribution < 1.29 is 9.16 Å². The standard InChI is InChI=1S/C34H49N5O3Si/c1-33(2,3)39-31(21-29(36-39)24-13-17-27(19-24)42-43(9,10)34(4,5)6)35-25-14-18-28-30(20-25)37(7)38(32(28)40)22-23-11-15-26(41-8)16-12-23/h11-12,14-16,18,20-21,24,27,35H,13,17,19,22H2,1-10H3/t24-,27+/m0/s1. The fourth-order valence-electron chi connectivity index (χ4n) is 5.80. The van der Waals surface area contributed by atoms with Crippen LogP contribution >= 0.6 is 0 Å². The average molecular weight is 604 g/mol. The smallest absolute Gasteiger partial charge is 0.274 e. The van der Waals surface area contributed by atoms with Gasteiger partial charge in [-0.25, -0.2) is 9.36 Å². The van der Waals surface area contributed by atoms with Crippen molar-refractivity contribution in [1.82, 2.24) is 19.1 Å². The molecule has 2 aromatic carbocycles. The van der Waals surface area contributed by atoms with Crippen LogP contribution in [0.25, 0.3) is 10.9 Å². The van der Waals surface area contributed by atoms with Crippen molar-refractivity contribution in [2.24, 2.45) is 7.05 Å². The molecule has 8 nitrogen and oxygen atoms in total. The van der Waals surface area contributed by atoms with Gasteiger partial charge >= 0.3 is 0 Å². The fourth-order valence-corrected chi connectivity index (χ4v) is 7.20. The topological polar surface area (TPSA) is 75.2 Å². The van der Waals surface area contributed by atoms with Gasteiger partial charge in [0.05, 0.1) is 35.8 Å². The third kappa shape index (κ3) is 6.34. The molecule has 2 aromatic heterocycles. The molecule has 2 atom stereocenters. The Balaban J connectivity index is 1.39. The van der Waals surface area contributed by atoms with Crippen LogP contribution in [-0.4, -0.2) is 40.7 Å². The second-order valence-electron chi connectivity index (χ2n) is 14.6. The zero-order chi connectivity index (χ0) is 31.3. The number of nitrogens with one attached hydrogen (secondary N) is 1. The number of anilines is 2. The quantitative estimate of drug-likeness (QED) is 0.209. The molecule has 43 heavy (non-hydrogen) atoms. The molecule has 0 amide bonds. The summed E-state index contributed by atoms with van der Waals surface area (Å²) in [5, 5.41) is 9.68. The first-order chi connectivity index (χ1) is 20.1. The van der Waals surface area contributed by atoms with E-state index in [1.807, 2.05) is 48.1 Å². The number of aryl methyl sites for hydroxylation is 1. The van der Waals surface area contributed by atoms with E-state index in [0.29, 0.717) is 24.0 Å². The molecule has 232 valence electrons. The van der Waals surface area contributed by atoms with Gasteiger partial charge < -0.3 is 14.5 Å². The minimum absolute atomic E-state index is 0.00223. The molecule has 0 saturated heterocycles. The van der Waals surface area contributed by atoms with E-state index in [1.165, 1.54) is 0 Å². The van der Waals surface area contributed by atoms with E-state index in [1.54, 1.807) is 11.8 Å². The van der Waals surface area contributed by atoms with Gasteiger partial charge in [-0.05, 0) is 94.1 Å². The highest BCUT2D eigenvalue weighted by Crippen LogP contribution is 2.43. The predicted octanol–water partition coefficient (Wildman–Crippen LogP) is 7.75. The van der Waals surface area contributed by atoms with E-state index in [-0.39, 0.29) is 16.1 Å². The normalized spacial score (nSPS) is 18.0. The third-order valence-electron chi connectivity index (χ3n) is 9.37. The average Bonchev–Trinajstić information content (AvgIpc) is 3.62. The number of rotatable bonds is 8. The van der Waals surface area contributed by atoms with Crippen molar-refractivity contribution in [3.63, 3.8) is 0 Å². The zero-order valence-corrected chi connectivity index (χ0v) is 28.6. The minimum Gasteiger partial charge on any atom is -0.497 e. The van der Waals surface area contributed by atoms with Crippen LogP contribution in [-0.2, 0) is 23.6 Å². The Morgan fingerprint density at radius 3 is 2.33 bits per heavy atom. The van der Waals surface area contributed by atoms with Crippen LogP contribution in [0.3, 0.4) is 0 Å². The van der Waals surface area contributed by atoms with Gasteiger partial charge in [0.15, 0.2) is 8.32 Å². The Morgan fingerprint density at radius 1 is 1.00 bits per heavy atom. The number of methoxy groups -OCH3 is 1. The van der Waals surface area contributed by atoms with Crippen LogP contribution in [0.15, 0.2) is 53.3 Å². The van der Waals surface area contributed by atoms with Gasteiger partial charge in [-0.3, -0.25) is 9.48 Å². The Morgan fingerprint density at radius 2 is 1.70 bits per heavy atom. The van der Waals surface area contributed by atoms with Crippen LogP contribution in [0, 0.1) is 0 Å². The van der Waals surface area contributed by atoms with E-state index < -0.39 is 8.32 Å². The highest BCUT2D eigenvalue weighted by atomic mass is 28.4. The van der Waals surface area contributed by atoms with Crippen molar-refractivity contribution in [2.45, 2.75) is 103 Å². The van der Waals surface area contributed by atoms with E-state index in [0.717, 1.165) is 53.3 Å². The molecule has 0 radical (unpaired) electrons. The molecule has 1 saturated carbocycles. The van der Waals surface area contributed by atoms with E-state index in [2.05, 4.69) is 76.8 Å². The number of hydrogen-bond acceptors (Lipinski definition) is 5. The second-order valence-corrected chi connectivity index (χ2v) is 19.4. The molecular formula is C34H49N5O3Si. The van der Waals surface area contributed by atoms with Gasteiger partial charge in [0.25, 0.3) is 5.56 Å². The Labute approximate surface area is 257 Å². The molecular weight excluding hydrogens is 554 g/mol. The Kier molecular flexibility index (Phi) is 8.20. The first kappa shape index (κ1) is 31.1. The van der Waals surface area contributed by atoms with Gasteiger partial charge in [-0.15, -0.1) is 0 Å². The summed E-state index contributed by atoms with van der Waals surface area (Å²) in [6, 6.07) is 16.0. The van der Waals surface area contributed by atoms with Crippen LogP contribution in [0.5, 0.6) is 5.75 Å². The first-order valence-electron chi connectivity index (χ1n) is 15.4. The molecule has 1 aliphatic carbocycles. The Hall–Kier alpha value is -3.30. The summed E-state index contributed by atoms with van der Waals surface area (Å²) in [5.41, 5.74) is 3.77. The maximum atomic E-state index is 13.3. The predicted molar refractivity (Wildman–Crippen MR) is 178 cm³/mol. The molecule has 1 aliphatic rings. The van der Waals surface area contributed by atoms with Gasteiger partial charge in [0.1, 0.15) is 11.6 Å². The zero-order valence-electron chi connectivity index (χ0n) is 27.6. The van der Waals surface area contributed by atoms with E-state index in [9.17, 15) is 4.79 Å². The molecule has 0 unspecified atom stereocenters. The SMILES string of the molecule is COc1ccc(Cn2c(=O)c3ccc(Nc4cc([C@H]5CC[C@@H](O[Si](C)(C)C(C)(C)C)C5)nn4C(C)(C)C)cc3n2C)cc1. The number of benzene rings is 2. The summed E-state index contributed by atoms with van der Waals surface area (Å²) in [6.07, 6.45) is 3.49. The molecule has 9 heteroatoms. The number of aromatic nitrogens is 4. The summed E-state index contributed by atoms with van der Waals surface area (Å²) in [7, 11) is 1.78. The summed E-state index contributed by atoms with van der Waals surface area (Å²) < 4.78 is 17.9. The lowest BCUT2D eigenvalue weighted by Crippen LogP contribution is -2.43. The van der Waals surface area contributed by atoms with Gasteiger partial charge in [-0.1, -0.05) is 32.9 Å². The van der Waals surface area contributed by atoms with Crippen molar-refractivity contribution in [3.8, 4) is 5.75 Å². The van der Waals surface area contributed by atoms with Crippen molar-refractivity contribution >= 4 is 30.7 Å². The van der Waals surface area contributed by atoms with Crippen LogP contribution in [0.2, 0.25) is 18.1 Å². The fraction of sp³-hybridized carbons (Fsp3) is 0.529. The summed E-state index contributed by atoms with van der Waals surface area (Å²) >= 11 is 0. The molecule has 2 heterocycles. The summed E-state index contributed by atoms with van der Waals surface area (Å²) in [4.78, 5) is 13.3. The molecule has 5 rings (SSSR count). The third-order valence-corrected chi connectivity index (χ3v) is 13.9. The summed E-state index contributed by atoms with van der Waals surface area (Å²) in [6.45, 7) is 18.6. The maximum absolute atomic E-state index is 13.3.